The molecule has 6 heteroatoms. The second-order valence-electron chi connectivity index (χ2n) is 4.78. The first kappa shape index (κ1) is 13.8. The van der Waals surface area contributed by atoms with Gasteiger partial charge in [-0.15, -0.1) is 11.3 Å². The van der Waals surface area contributed by atoms with Crippen LogP contribution in [0.4, 0.5) is 0 Å². The van der Waals surface area contributed by atoms with Crippen molar-refractivity contribution in [3.05, 3.63) is 15.5 Å². The summed E-state index contributed by atoms with van der Waals surface area (Å²) in [5.74, 6) is 0.651. The summed E-state index contributed by atoms with van der Waals surface area (Å²) in [6.45, 7) is 6.13. The summed E-state index contributed by atoms with van der Waals surface area (Å²) in [6.07, 6.45) is 2.58. The molecule has 0 aromatic carbocycles. The number of rotatable bonds is 4. The highest BCUT2D eigenvalue weighted by Crippen LogP contribution is 2.18. The Bertz CT molecular complexity index is 410. The summed E-state index contributed by atoms with van der Waals surface area (Å²) >= 11 is 7.08. The van der Waals surface area contributed by atoms with Gasteiger partial charge >= 0.3 is 0 Å². The van der Waals surface area contributed by atoms with Crippen molar-refractivity contribution in [1.82, 2.24) is 15.2 Å². The molecule has 0 unspecified atom stereocenters. The third-order valence-corrected chi connectivity index (χ3v) is 4.41. The van der Waals surface area contributed by atoms with Crippen LogP contribution in [0.15, 0.2) is 5.51 Å². The van der Waals surface area contributed by atoms with Crippen LogP contribution >= 0.6 is 22.9 Å². The number of piperidine rings is 1. The van der Waals surface area contributed by atoms with Crippen molar-refractivity contribution in [2.75, 3.05) is 26.2 Å². The number of aromatic nitrogens is 1. The van der Waals surface area contributed by atoms with Crippen LogP contribution in [0.2, 0.25) is 5.15 Å². The Labute approximate surface area is 116 Å². The number of carbonyl (C=O) groups excluding carboxylic acids is 1. The largest absolute Gasteiger partial charge is 0.350 e. The Morgan fingerprint density at radius 1 is 1.72 bits per heavy atom. The van der Waals surface area contributed by atoms with Crippen LogP contribution in [0.3, 0.4) is 0 Å². The van der Waals surface area contributed by atoms with Crippen molar-refractivity contribution in [2.45, 2.75) is 19.8 Å². The van der Waals surface area contributed by atoms with E-state index in [9.17, 15) is 4.79 Å². The molecule has 18 heavy (non-hydrogen) atoms. The molecule has 4 nitrogen and oxygen atoms in total. The molecule has 1 saturated heterocycles. The summed E-state index contributed by atoms with van der Waals surface area (Å²) in [5.41, 5.74) is 1.59. The molecule has 1 aromatic heterocycles. The molecular formula is C12H18ClN3OS. The molecule has 1 aliphatic rings. The fourth-order valence-corrected chi connectivity index (χ4v) is 3.20. The Hall–Kier alpha value is -0.650. The summed E-state index contributed by atoms with van der Waals surface area (Å²) in [5, 5.41) is 3.19. The van der Waals surface area contributed by atoms with Gasteiger partial charge < -0.3 is 10.2 Å². The van der Waals surface area contributed by atoms with Gasteiger partial charge in [0.15, 0.2) is 5.15 Å². The zero-order valence-electron chi connectivity index (χ0n) is 10.5. The molecule has 0 saturated carbocycles. The molecule has 0 radical (unpaired) electrons. The normalized spacial score (nSPS) is 20.9. The number of carbonyl (C=O) groups is 1. The third kappa shape index (κ3) is 3.67. The highest BCUT2D eigenvalue weighted by atomic mass is 35.5. The van der Waals surface area contributed by atoms with Gasteiger partial charge in [0.25, 0.3) is 5.91 Å². The predicted molar refractivity (Wildman–Crippen MR) is 74.3 cm³/mol. The first-order chi connectivity index (χ1) is 8.66. The van der Waals surface area contributed by atoms with Crippen molar-refractivity contribution in [2.24, 2.45) is 5.92 Å². The van der Waals surface area contributed by atoms with Gasteiger partial charge in [0.2, 0.25) is 0 Å². The van der Waals surface area contributed by atoms with Crippen molar-refractivity contribution >= 4 is 28.8 Å². The molecule has 1 N–H and O–H groups in total. The first-order valence-electron chi connectivity index (χ1n) is 6.26. The zero-order valence-corrected chi connectivity index (χ0v) is 12.1. The van der Waals surface area contributed by atoms with Crippen LogP contribution in [0.1, 0.15) is 29.4 Å². The van der Waals surface area contributed by atoms with Crippen LogP contribution < -0.4 is 5.32 Å². The van der Waals surface area contributed by atoms with E-state index < -0.39 is 0 Å². The Kier molecular flexibility index (Phi) is 4.97. The summed E-state index contributed by atoms with van der Waals surface area (Å²) in [7, 11) is 0. The van der Waals surface area contributed by atoms with E-state index in [1.165, 1.54) is 24.2 Å². The lowest BCUT2D eigenvalue weighted by Gasteiger charge is -2.30. The molecule has 0 spiro atoms. The summed E-state index contributed by atoms with van der Waals surface area (Å²) < 4.78 is 0. The van der Waals surface area contributed by atoms with Gasteiger partial charge in [-0.25, -0.2) is 4.98 Å². The highest BCUT2D eigenvalue weighted by Gasteiger charge is 2.17. The van der Waals surface area contributed by atoms with Crippen LogP contribution in [-0.2, 0) is 0 Å². The maximum absolute atomic E-state index is 11.8. The lowest BCUT2D eigenvalue weighted by Crippen LogP contribution is -2.40. The number of halogens is 1. The molecular weight excluding hydrogens is 270 g/mol. The van der Waals surface area contributed by atoms with Crippen LogP contribution in [-0.4, -0.2) is 42.0 Å². The Morgan fingerprint density at radius 3 is 3.22 bits per heavy atom. The minimum Gasteiger partial charge on any atom is -0.350 e. The maximum atomic E-state index is 11.8. The molecule has 0 aliphatic carbocycles. The Morgan fingerprint density at radius 2 is 2.56 bits per heavy atom. The van der Waals surface area contributed by atoms with Gasteiger partial charge in [0, 0.05) is 19.6 Å². The average molecular weight is 288 g/mol. The van der Waals surface area contributed by atoms with E-state index in [1.54, 1.807) is 5.51 Å². The van der Waals surface area contributed by atoms with Gasteiger partial charge in [0.05, 0.1) is 5.51 Å². The predicted octanol–water partition coefficient (Wildman–Crippen LogP) is 2.26. The van der Waals surface area contributed by atoms with Gasteiger partial charge in [-0.1, -0.05) is 18.5 Å². The fraction of sp³-hybridized carbons (Fsp3) is 0.667. The number of nitrogens with one attached hydrogen (secondary N) is 1. The van der Waals surface area contributed by atoms with E-state index in [2.05, 4.69) is 22.1 Å². The van der Waals surface area contributed by atoms with E-state index in [-0.39, 0.29) is 5.91 Å². The standard InChI is InChI=1S/C12H18ClN3OS/c1-9-3-2-5-16(7-9)6-4-14-12(17)10-11(13)15-8-18-10/h8-9H,2-7H2,1H3,(H,14,17)/t9-/m1/s1. The summed E-state index contributed by atoms with van der Waals surface area (Å²) in [6, 6.07) is 0. The SMILES string of the molecule is C[C@@H]1CCCN(CCNC(=O)c2scnc2Cl)C1. The van der Waals surface area contributed by atoms with Gasteiger partial charge in [-0.3, -0.25) is 4.79 Å². The number of hydrogen-bond acceptors (Lipinski definition) is 4. The minimum absolute atomic E-state index is 0.118. The van der Waals surface area contributed by atoms with E-state index >= 15 is 0 Å². The highest BCUT2D eigenvalue weighted by molar-refractivity contribution is 7.12. The Balaban J connectivity index is 1.72. The molecule has 0 bridgehead atoms. The van der Waals surface area contributed by atoms with Gasteiger partial charge in [-0.05, 0) is 25.3 Å². The maximum Gasteiger partial charge on any atom is 0.264 e. The van der Waals surface area contributed by atoms with Crippen LogP contribution in [0.25, 0.3) is 0 Å². The number of nitrogens with zero attached hydrogens (tertiary/aromatic N) is 2. The topological polar surface area (TPSA) is 45.2 Å². The molecule has 1 fully saturated rings. The van der Waals surface area contributed by atoms with Crippen molar-refractivity contribution < 1.29 is 4.79 Å². The molecule has 100 valence electrons. The van der Waals surface area contributed by atoms with Crippen molar-refractivity contribution in [3.63, 3.8) is 0 Å². The van der Waals surface area contributed by atoms with Crippen LogP contribution in [0.5, 0.6) is 0 Å². The van der Waals surface area contributed by atoms with E-state index in [4.69, 9.17) is 11.6 Å². The van der Waals surface area contributed by atoms with E-state index in [1.807, 2.05) is 0 Å². The number of likely N-dealkylation sites (tertiary alicyclic amines) is 1. The number of thiazole rings is 1. The van der Waals surface area contributed by atoms with Crippen molar-refractivity contribution in [3.8, 4) is 0 Å². The lowest BCUT2D eigenvalue weighted by atomic mass is 10.0. The molecule has 1 atom stereocenters. The monoisotopic (exact) mass is 287 g/mol. The molecule has 1 amide bonds. The molecule has 1 aromatic rings. The lowest BCUT2D eigenvalue weighted by molar-refractivity contribution is 0.0948. The third-order valence-electron chi connectivity index (χ3n) is 3.18. The molecule has 2 heterocycles. The quantitative estimate of drug-likeness (QED) is 0.924. The second-order valence-corrected chi connectivity index (χ2v) is 5.99. The van der Waals surface area contributed by atoms with Crippen LogP contribution in [0, 0.1) is 5.92 Å². The second kappa shape index (κ2) is 6.50. The van der Waals surface area contributed by atoms with Gasteiger partial charge in [0.1, 0.15) is 4.88 Å². The van der Waals surface area contributed by atoms with E-state index in [0.29, 0.717) is 16.6 Å². The minimum atomic E-state index is -0.118. The molecule has 1 aliphatic heterocycles. The molecule has 2 rings (SSSR count). The fourth-order valence-electron chi connectivity index (χ4n) is 2.28. The first-order valence-corrected chi connectivity index (χ1v) is 7.52. The summed E-state index contributed by atoms with van der Waals surface area (Å²) in [4.78, 5) is 18.6. The zero-order chi connectivity index (χ0) is 13.0. The van der Waals surface area contributed by atoms with E-state index in [0.717, 1.165) is 25.6 Å². The number of hydrogen-bond donors (Lipinski definition) is 1. The van der Waals surface area contributed by atoms with Crippen molar-refractivity contribution in [1.29, 1.82) is 0 Å². The smallest absolute Gasteiger partial charge is 0.264 e. The van der Waals surface area contributed by atoms with Gasteiger partial charge in [-0.2, -0.15) is 0 Å². The number of amides is 1. The average Bonchev–Trinajstić information content (AvgIpc) is 2.75.